The molecule has 0 bridgehead atoms. The molecule has 1 atom stereocenters. The predicted octanol–water partition coefficient (Wildman–Crippen LogP) is 4.12. The minimum atomic E-state index is -0.536. The normalized spacial score (nSPS) is 17.2. The lowest BCUT2D eigenvalue weighted by atomic mass is 10.1. The number of morpholine rings is 1. The number of benzene rings is 3. The Morgan fingerprint density at radius 1 is 1.00 bits per heavy atom. The van der Waals surface area contributed by atoms with E-state index in [1.807, 2.05) is 24.3 Å². The highest BCUT2D eigenvalue weighted by atomic mass is 32.2. The van der Waals surface area contributed by atoms with Crippen LogP contribution >= 0.6 is 11.8 Å². The number of aliphatic hydroxyl groups is 1. The average Bonchev–Trinajstić information content (AvgIpc) is 3.45. The summed E-state index contributed by atoms with van der Waals surface area (Å²) < 4.78 is 10.8. The van der Waals surface area contributed by atoms with Gasteiger partial charge in [-0.15, -0.1) is 5.10 Å². The van der Waals surface area contributed by atoms with Gasteiger partial charge in [0.25, 0.3) is 0 Å². The molecule has 1 saturated heterocycles. The maximum atomic E-state index is 11.2. The Morgan fingerprint density at radius 2 is 1.76 bits per heavy atom. The van der Waals surface area contributed by atoms with Gasteiger partial charge in [-0.05, 0) is 61.0 Å². The van der Waals surface area contributed by atoms with Crippen molar-refractivity contribution in [3.8, 4) is 5.75 Å². The summed E-state index contributed by atoms with van der Waals surface area (Å²) in [6.07, 6.45) is 0.658. The number of fused-ring (bicyclic) bond motifs is 2. The number of hydrazine groups is 2. The maximum absolute atomic E-state index is 11.2. The standard InChI is InChI=1S/C28H32N6O3S/c1-36-23-10-6-20(7-11-23)34-30-28(29-31-34)13-9-22(35)19-33-24-4-2-3-5-26(24)38-27-12-8-21(18-25(27)33)32-14-16-37-17-15-32/h2-8,10-12,18,22,31,35H,9,13-17,19H2,1H3,(H,29,30). The van der Waals surface area contributed by atoms with Crippen LogP contribution in [0.15, 0.2) is 81.6 Å². The second-order valence-electron chi connectivity index (χ2n) is 9.43. The van der Waals surface area contributed by atoms with Crippen LogP contribution in [0.1, 0.15) is 12.8 Å². The van der Waals surface area contributed by atoms with Crippen LogP contribution in [-0.2, 0) is 4.74 Å². The van der Waals surface area contributed by atoms with Crippen molar-refractivity contribution in [3.63, 3.8) is 0 Å². The number of para-hydroxylation sites is 1. The van der Waals surface area contributed by atoms with E-state index in [0.717, 1.165) is 55.0 Å². The molecule has 3 aliphatic rings. The summed E-state index contributed by atoms with van der Waals surface area (Å²) >= 11 is 1.79. The fourth-order valence-corrected chi connectivity index (χ4v) is 5.97. The van der Waals surface area contributed by atoms with Crippen LogP contribution in [0.5, 0.6) is 5.75 Å². The lowest BCUT2D eigenvalue weighted by Crippen LogP contribution is -2.41. The number of hydrazone groups is 1. The van der Waals surface area contributed by atoms with E-state index in [-0.39, 0.29) is 0 Å². The van der Waals surface area contributed by atoms with Crippen LogP contribution in [0.3, 0.4) is 0 Å². The minimum absolute atomic E-state index is 0.500. The molecule has 0 aromatic heterocycles. The van der Waals surface area contributed by atoms with Gasteiger partial charge in [0.2, 0.25) is 0 Å². The van der Waals surface area contributed by atoms with Crippen molar-refractivity contribution in [2.75, 3.05) is 54.9 Å². The SMILES string of the molecule is COc1ccc(N2NN=C(CCC(O)CN3c4ccccc4Sc4ccc(N5CCOCC5)cc43)N2)cc1. The Morgan fingerprint density at radius 3 is 2.58 bits per heavy atom. The molecule has 0 aliphatic carbocycles. The topological polar surface area (TPSA) is 84.8 Å². The number of aliphatic hydroxyl groups excluding tert-OH is 1. The van der Waals surface area contributed by atoms with Crippen molar-refractivity contribution in [2.45, 2.75) is 28.7 Å². The molecule has 9 nitrogen and oxygen atoms in total. The van der Waals surface area contributed by atoms with Crippen molar-refractivity contribution in [2.24, 2.45) is 5.10 Å². The molecule has 0 radical (unpaired) electrons. The van der Waals surface area contributed by atoms with Gasteiger partial charge in [-0.2, -0.15) is 10.7 Å². The molecule has 3 aliphatic heterocycles. The van der Waals surface area contributed by atoms with Gasteiger partial charge in [0.05, 0.1) is 43.5 Å². The second-order valence-corrected chi connectivity index (χ2v) is 10.5. The van der Waals surface area contributed by atoms with E-state index in [1.54, 1.807) is 24.0 Å². The summed E-state index contributed by atoms with van der Waals surface area (Å²) in [6.45, 7) is 3.78. The molecule has 0 spiro atoms. The summed E-state index contributed by atoms with van der Waals surface area (Å²) in [7, 11) is 1.65. The summed E-state index contributed by atoms with van der Waals surface area (Å²) in [5.74, 6) is 1.58. The molecule has 1 fully saturated rings. The zero-order chi connectivity index (χ0) is 25.9. The molecule has 1 unspecified atom stereocenters. The number of nitrogens with one attached hydrogen (secondary N) is 2. The molecule has 3 N–H and O–H groups in total. The fourth-order valence-electron chi connectivity index (χ4n) is 4.89. The molecule has 0 saturated carbocycles. The van der Waals surface area contributed by atoms with E-state index < -0.39 is 6.10 Å². The number of nitrogens with zero attached hydrogens (tertiary/aromatic N) is 4. The Kier molecular flexibility index (Phi) is 7.17. The molecule has 38 heavy (non-hydrogen) atoms. The number of rotatable bonds is 8. The molecular formula is C28H32N6O3S. The van der Waals surface area contributed by atoms with Crippen LogP contribution in [-0.4, -0.2) is 57.0 Å². The van der Waals surface area contributed by atoms with Crippen molar-refractivity contribution in [1.82, 2.24) is 11.0 Å². The van der Waals surface area contributed by atoms with E-state index in [1.165, 1.54) is 15.5 Å². The van der Waals surface area contributed by atoms with Crippen LogP contribution < -0.4 is 30.6 Å². The number of hydrogen-bond acceptors (Lipinski definition) is 10. The van der Waals surface area contributed by atoms with E-state index in [2.05, 4.69) is 68.3 Å². The molecule has 0 amide bonds. The summed E-state index contributed by atoms with van der Waals surface area (Å²) in [4.78, 5) is 7.04. The third-order valence-corrected chi connectivity index (χ3v) is 8.08. The largest absolute Gasteiger partial charge is 0.497 e. The third-order valence-electron chi connectivity index (χ3n) is 6.95. The van der Waals surface area contributed by atoms with Gasteiger partial charge in [-0.3, -0.25) is 5.43 Å². The average molecular weight is 533 g/mol. The molecule has 198 valence electrons. The molecule has 6 rings (SSSR count). The zero-order valence-electron chi connectivity index (χ0n) is 21.3. The summed E-state index contributed by atoms with van der Waals surface area (Å²) in [6, 6.07) is 22.8. The number of anilines is 4. The van der Waals surface area contributed by atoms with Crippen LogP contribution in [0.2, 0.25) is 0 Å². The van der Waals surface area contributed by atoms with E-state index in [9.17, 15) is 5.11 Å². The number of ether oxygens (including phenoxy) is 2. The van der Waals surface area contributed by atoms with Gasteiger partial charge in [0.1, 0.15) is 11.6 Å². The van der Waals surface area contributed by atoms with Crippen molar-refractivity contribution in [3.05, 3.63) is 66.7 Å². The van der Waals surface area contributed by atoms with Gasteiger partial charge in [-0.1, -0.05) is 23.9 Å². The van der Waals surface area contributed by atoms with Crippen LogP contribution in [0, 0.1) is 0 Å². The maximum Gasteiger partial charge on any atom is 0.144 e. The monoisotopic (exact) mass is 532 g/mol. The second kappa shape index (κ2) is 11.0. The molecule has 3 heterocycles. The molecular weight excluding hydrogens is 500 g/mol. The number of hydrogen-bond donors (Lipinski definition) is 3. The zero-order valence-corrected chi connectivity index (χ0v) is 22.2. The highest BCUT2D eigenvalue weighted by molar-refractivity contribution is 7.99. The highest BCUT2D eigenvalue weighted by Gasteiger charge is 2.27. The molecule has 10 heteroatoms. The predicted molar refractivity (Wildman–Crippen MR) is 151 cm³/mol. The van der Waals surface area contributed by atoms with Crippen molar-refractivity contribution in [1.29, 1.82) is 0 Å². The first-order valence-electron chi connectivity index (χ1n) is 12.9. The van der Waals surface area contributed by atoms with Gasteiger partial charge in [0.15, 0.2) is 0 Å². The van der Waals surface area contributed by atoms with Crippen LogP contribution in [0.4, 0.5) is 22.7 Å². The smallest absolute Gasteiger partial charge is 0.144 e. The Balaban J connectivity index is 1.13. The lowest BCUT2D eigenvalue weighted by Gasteiger charge is -2.36. The van der Waals surface area contributed by atoms with Crippen molar-refractivity contribution >= 4 is 40.3 Å². The lowest BCUT2D eigenvalue weighted by molar-refractivity contribution is 0.122. The number of methoxy groups -OCH3 is 1. The quantitative estimate of drug-likeness (QED) is 0.397. The minimum Gasteiger partial charge on any atom is -0.497 e. The Labute approximate surface area is 227 Å². The first-order valence-corrected chi connectivity index (χ1v) is 13.7. The van der Waals surface area contributed by atoms with Gasteiger partial charge < -0.3 is 24.4 Å². The van der Waals surface area contributed by atoms with E-state index >= 15 is 0 Å². The highest BCUT2D eigenvalue weighted by Crippen LogP contribution is 2.49. The summed E-state index contributed by atoms with van der Waals surface area (Å²) in [5.41, 5.74) is 10.6. The van der Waals surface area contributed by atoms with Gasteiger partial charge in [0, 0.05) is 41.5 Å². The number of β-amino-alcohol motifs (C(OH)–C–C–N with tert-alkyl or cyclic N) is 1. The van der Waals surface area contributed by atoms with Crippen molar-refractivity contribution < 1.29 is 14.6 Å². The molecule has 3 aromatic carbocycles. The Hall–Kier alpha value is -3.60. The van der Waals surface area contributed by atoms with Crippen LogP contribution in [0.25, 0.3) is 0 Å². The van der Waals surface area contributed by atoms with E-state index in [4.69, 9.17) is 9.47 Å². The fraction of sp³-hybridized carbons (Fsp3) is 0.321. The van der Waals surface area contributed by atoms with E-state index in [0.29, 0.717) is 19.4 Å². The molecule has 3 aromatic rings. The third kappa shape index (κ3) is 5.20. The van der Waals surface area contributed by atoms with Gasteiger partial charge in [-0.25, -0.2) is 0 Å². The first kappa shape index (κ1) is 24.7. The number of amidine groups is 1. The Bertz CT molecular complexity index is 1300. The summed E-state index contributed by atoms with van der Waals surface area (Å²) in [5, 5.41) is 17.3. The van der Waals surface area contributed by atoms with Gasteiger partial charge >= 0.3 is 0 Å². The first-order chi connectivity index (χ1) is 18.7.